The molecule has 18 heavy (non-hydrogen) atoms. The van der Waals surface area contributed by atoms with E-state index in [9.17, 15) is 4.79 Å². The molecule has 5 nitrogen and oxygen atoms in total. The predicted octanol–water partition coefficient (Wildman–Crippen LogP) is 1.48. The number of carbonyl (C=O) groups excluding carboxylic acids is 1. The number of hydrogen-bond acceptors (Lipinski definition) is 4. The van der Waals surface area contributed by atoms with Crippen LogP contribution in [0.15, 0.2) is 0 Å². The first kappa shape index (κ1) is 15.2. The Hall–Kier alpha value is -0.810. The van der Waals surface area contributed by atoms with E-state index in [1.165, 1.54) is 0 Å². The number of morpholine rings is 1. The van der Waals surface area contributed by atoms with Crippen LogP contribution >= 0.6 is 0 Å². The van der Waals surface area contributed by atoms with Gasteiger partial charge in [-0.25, -0.2) is 4.79 Å². The number of nitrogens with zero attached hydrogens (tertiary/aromatic N) is 1. The second kappa shape index (κ2) is 6.95. The van der Waals surface area contributed by atoms with Crippen molar-refractivity contribution in [3.8, 4) is 0 Å². The normalized spacial score (nSPS) is 19.3. The van der Waals surface area contributed by atoms with E-state index in [0.717, 1.165) is 32.8 Å². The molecule has 0 bridgehead atoms. The van der Waals surface area contributed by atoms with Crippen LogP contribution in [0.5, 0.6) is 0 Å². The molecule has 0 spiro atoms. The molecule has 5 heteroatoms. The van der Waals surface area contributed by atoms with Gasteiger partial charge < -0.3 is 14.8 Å². The van der Waals surface area contributed by atoms with E-state index in [2.05, 4.69) is 17.1 Å². The highest BCUT2D eigenvalue weighted by molar-refractivity contribution is 5.67. The number of alkyl carbamates (subject to hydrolysis) is 1. The third-order valence-electron chi connectivity index (χ3n) is 2.67. The summed E-state index contributed by atoms with van der Waals surface area (Å²) < 4.78 is 10.5. The minimum Gasteiger partial charge on any atom is -0.444 e. The Bertz CT molecular complexity index is 257. The molecule has 0 aromatic carbocycles. The average molecular weight is 258 g/mol. The summed E-state index contributed by atoms with van der Waals surface area (Å²) in [7, 11) is 0. The number of rotatable bonds is 4. The molecule has 106 valence electrons. The van der Waals surface area contributed by atoms with Crippen LogP contribution in [0, 0.1) is 5.92 Å². The smallest absolute Gasteiger partial charge is 0.407 e. The summed E-state index contributed by atoms with van der Waals surface area (Å²) in [5.74, 6) is 0.413. The van der Waals surface area contributed by atoms with E-state index in [4.69, 9.17) is 9.47 Å². The third kappa shape index (κ3) is 6.81. The second-order valence-electron chi connectivity index (χ2n) is 5.90. The molecule has 0 aliphatic carbocycles. The Morgan fingerprint density at radius 1 is 1.39 bits per heavy atom. The maximum absolute atomic E-state index is 11.5. The van der Waals surface area contributed by atoms with Crippen molar-refractivity contribution in [3.05, 3.63) is 0 Å². The van der Waals surface area contributed by atoms with E-state index in [1.54, 1.807) is 0 Å². The van der Waals surface area contributed by atoms with E-state index in [-0.39, 0.29) is 6.09 Å². The van der Waals surface area contributed by atoms with Gasteiger partial charge in [0, 0.05) is 26.2 Å². The Morgan fingerprint density at radius 3 is 2.56 bits per heavy atom. The van der Waals surface area contributed by atoms with Gasteiger partial charge in [0.1, 0.15) is 5.60 Å². The molecule has 1 heterocycles. The van der Waals surface area contributed by atoms with Crippen molar-refractivity contribution in [2.75, 3.05) is 39.4 Å². The first-order chi connectivity index (χ1) is 8.37. The predicted molar refractivity (Wildman–Crippen MR) is 70.7 cm³/mol. The van der Waals surface area contributed by atoms with Crippen LogP contribution in [0.4, 0.5) is 4.79 Å². The Balaban J connectivity index is 2.16. The van der Waals surface area contributed by atoms with Crippen LogP contribution in [-0.4, -0.2) is 56.0 Å². The lowest BCUT2D eigenvalue weighted by Crippen LogP contribution is -2.42. The van der Waals surface area contributed by atoms with Crippen molar-refractivity contribution < 1.29 is 14.3 Å². The molecule has 0 unspecified atom stereocenters. The van der Waals surface area contributed by atoms with Gasteiger partial charge in [-0.1, -0.05) is 6.92 Å². The van der Waals surface area contributed by atoms with Crippen LogP contribution in [0.25, 0.3) is 0 Å². The first-order valence-electron chi connectivity index (χ1n) is 6.64. The summed E-state index contributed by atoms with van der Waals surface area (Å²) in [4.78, 5) is 13.9. The van der Waals surface area contributed by atoms with Crippen molar-refractivity contribution in [2.24, 2.45) is 5.92 Å². The summed E-state index contributed by atoms with van der Waals surface area (Å²) in [6.07, 6.45) is -0.337. The monoisotopic (exact) mass is 258 g/mol. The number of nitrogens with one attached hydrogen (secondary N) is 1. The fraction of sp³-hybridized carbons (Fsp3) is 0.923. The summed E-state index contributed by atoms with van der Waals surface area (Å²) in [5, 5.41) is 2.81. The van der Waals surface area contributed by atoms with Gasteiger partial charge in [0.2, 0.25) is 0 Å². The fourth-order valence-corrected chi connectivity index (χ4v) is 1.86. The second-order valence-corrected chi connectivity index (χ2v) is 5.90. The van der Waals surface area contributed by atoms with E-state index >= 15 is 0 Å². The molecule has 0 radical (unpaired) electrons. The van der Waals surface area contributed by atoms with Gasteiger partial charge in [0.05, 0.1) is 13.2 Å². The van der Waals surface area contributed by atoms with Gasteiger partial charge in [-0.15, -0.1) is 0 Å². The zero-order chi connectivity index (χ0) is 13.6. The molecule has 1 amide bonds. The number of amides is 1. The van der Waals surface area contributed by atoms with E-state index in [1.807, 2.05) is 20.8 Å². The summed E-state index contributed by atoms with van der Waals surface area (Å²) in [6.45, 7) is 12.9. The first-order valence-corrected chi connectivity index (χ1v) is 6.64. The minimum absolute atomic E-state index is 0.337. The lowest BCUT2D eigenvalue weighted by Gasteiger charge is -2.29. The molecular weight excluding hydrogens is 232 g/mol. The number of carbonyl (C=O) groups is 1. The van der Waals surface area contributed by atoms with E-state index in [0.29, 0.717) is 12.5 Å². The van der Waals surface area contributed by atoms with Crippen LogP contribution in [0.3, 0.4) is 0 Å². The zero-order valence-electron chi connectivity index (χ0n) is 12.0. The molecule has 1 rings (SSSR count). The Labute approximate surface area is 110 Å². The largest absolute Gasteiger partial charge is 0.444 e. The van der Waals surface area contributed by atoms with Gasteiger partial charge >= 0.3 is 6.09 Å². The summed E-state index contributed by atoms with van der Waals surface area (Å²) in [5.41, 5.74) is -0.433. The molecule has 1 fully saturated rings. The van der Waals surface area contributed by atoms with Crippen LogP contribution in [0.2, 0.25) is 0 Å². The fourth-order valence-electron chi connectivity index (χ4n) is 1.86. The highest BCUT2D eigenvalue weighted by Crippen LogP contribution is 2.07. The maximum atomic E-state index is 11.5. The Morgan fingerprint density at radius 2 is 2.00 bits per heavy atom. The van der Waals surface area contributed by atoms with Crippen molar-refractivity contribution in [1.29, 1.82) is 0 Å². The maximum Gasteiger partial charge on any atom is 0.407 e. The Kier molecular flexibility index (Phi) is 5.88. The molecule has 1 aliphatic heterocycles. The van der Waals surface area contributed by atoms with E-state index < -0.39 is 5.60 Å². The lowest BCUT2D eigenvalue weighted by molar-refractivity contribution is 0.0303. The summed E-state index contributed by atoms with van der Waals surface area (Å²) >= 11 is 0. The van der Waals surface area contributed by atoms with Crippen molar-refractivity contribution in [3.63, 3.8) is 0 Å². The van der Waals surface area contributed by atoms with Gasteiger partial charge in [-0.05, 0) is 26.7 Å². The number of hydrogen-bond donors (Lipinski definition) is 1. The molecule has 1 atom stereocenters. The zero-order valence-corrected chi connectivity index (χ0v) is 12.0. The molecule has 0 aromatic heterocycles. The van der Waals surface area contributed by atoms with Crippen molar-refractivity contribution in [1.82, 2.24) is 10.2 Å². The standard InChI is InChI=1S/C13H26N2O3/c1-11(10-15-5-7-17-8-6-15)9-14-12(16)18-13(2,3)4/h11H,5-10H2,1-4H3,(H,14,16)/t11-/m1/s1. The summed E-state index contributed by atoms with van der Waals surface area (Å²) in [6, 6.07) is 0. The van der Waals surface area contributed by atoms with Crippen LogP contribution in [0.1, 0.15) is 27.7 Å². The van der Waals surface area contributed by atoms with Crippen LogP contribution in [-0.2, 0) is 9.47 Å². The number of ether oxygens (including phenoxy) is 2. The minimum atomic E-state index is -0.433. The lowest BCUT2D eigenvalue weighted by atomic mass is 10.1. The van der Waals surface area contributed by atoms with Crippen molar-refractivity contribution in [2.45, 2.75) is 33.3 Å². The van der Waals surface area contributed by atoms with Gasteiger partial charge in [0.15, 0.2) is 0 Å². The molecular formula is C13H26N2O3. The van der Waals surface area contributed by atoms with Gasteiger partial charge in [0.25, 0.3) is 0 Å². The third-order valence-corrected chi connectivity index (χ3v) is 2.67. The molecule has 1 aliphatic rings. The molecule has 0 aromatic rings. The quantitative estimate of drug-likeness (QED) is 0.830. The van der Waals surface area contributed by atoms with Crippen LogP contribution < -0.4 is 5.32 Å². The van der Waals surface area contributed by atoms with Gasteiger partial charge in [-0.2, -0.15) is 0 Å². The molecule has 1 saturated heterocycles. The topological polar surface area (TPSA) is 50.8 Å². The van der Waals surface area contributed by atoms with Crippen molar-refractivity contribution >= 4 is 6.09 Å². The average Bonchev–Trinajstić information content (AvgIpc) is 2.25. The highest BCUT2D eigenvalue weighted by Gasteiger charge is 2.18. The molecule has 0 saturated carbocycles. The highest BCUT2D eigenvalue weighted by atomic mass is 16.6. The molecule has 1 N–H and O–H groups in total. The SMILES string of the molecule is C[C@H](CNC(=O)OC(C)(C)C)CN1CCOCC1. The van der Waals surface area contributed by atoms with Gasteiger partial charge in [-0.3, -0.25) is 4.90 Å².